The van der Waals surface area contributed by atoms with Gasteiger partial charge in [0.05, 0.1) is 7.11 Å². The van der Waals surface area contributed by atoms with Crippen LogP contribution in [-0.4, -0.2) is 11.7 Å². The molecule has 0 saturated heterocycles. The van der Waals surface area contributed by atoms with Gasteiger partial charge in [0.15, 0.2) is 0 Å². The van der Waals surface area contributed by atoms with E-state index < -0.39 is 0 Å². The fourth-order valence-corrected chi connectivity index (χ4v) is 3.91. The quantitative estimate of drug-likeness (QED) is 0.298. The standard InChI is InChI=1S/C29H23NO/c1-31-27-18-14-23(15-19-27)22-12-16-26(17-13-22)30-20-28(24-8-4-2-5-9-24)29(21-30)25-10-6-3-7-11-25/h2-21H,1H3. The van der Waals surface area contributed by atoms with Crippen molar-refractivity contribution in [3.8, 4) is 44.8 Å². The minimum absolute atomic E-state index is 0.870. The summed E-state index contributed by atoms with van der Waals surface area (Å²) in [7, 11) is 1.69. The van der Waals surface area contributed by atoms with Crippen LogP contribution in [0.25, 0.3) is 39.1 Å². The second kappa shape index (κ2) is 8.37. The summed E-state index contributed by atoms with van der Waals surface area (Å²) in [6, 6.07) is 38.0. The van der Waals surface area contributed by atoms with Gasteiger partial charge in [-0.05, 0) is 46.5 Å². The van der Waals surface area contributed by atoms with Gasteiger partial charge in [-0.15, -0.1) is 0 Å². The molecule has 0 radical (unpaired) electrons. The van der Waals surface area contributed by atoms with Crippen molar-refractivity contribution in [3.63, 3.8) is 0 Å². The van der Waals surface area contributed by atoms with Crippen LogP contribution in [0.3, 0.4) is 0 Å². The van der Waals surface area contributed by atoms with Crippen molar-refractivity contribution in [1.29, 1.82) is 0 Å². The topological polar surface area (TPSA) is 14.2 Å². The second-order valence-corrected chi connectivity index (χ2v) is 7.50. The molecule has 0 fully saturated rings. The maximum Gasteiger partial charge on any atom is 0.118 e. The average Bonchev–Trinajstić information content (AvgIpc) is 3.31. The zero-order chi connectivity index (χ0) is 21.0. The van der Waals surface area contributed by atoms with E-state index in [0.29, 0.717) is 0 Å². The van der Waals surface area contributed by atoms with Gasteiger partial charge in [-0.1, -0.05) is 84.9 Å². The summed E-state index contributed by atoms with van der Waals surface area (Å²) in [5, 5.41) is 0. The van der Waals surface area contributed by atoms with Gasteiger partial charge in [-0.2, -0.15) is 0 Å². The van der Waals surface area contributed by atoms with Gasteiger partial charge in [0.25, 0.3) is 0 Å². The SMILES string of the molecule is COc1ccc(-c2ccc(-n3cc(-c4ccccc4)c(-c4ccccc4)c3)cc2)cc1. The van der Waals surface area contributed by atoms with Crippen molar-refractivity contribution >= 4 is 0 Å². The largest absolute Gasteiger partial charge is 0.497 e. The highest BCUT2D eigenvalue weighted by Gasteiger charge is 2.12. The smallest absolute Gasteiger partial charge is 0.118 e. The van der Waals surface area contributed by atoms with Crippen molar-refractivity contribution < 1.29 is 4.74 Å². The van der Waals surface area contributed by atoms with E-state index in [9.17, 15) is 0 Å². The fraction of sp³-hybridized carbons (Fsp3) is 0.0345. The van der Waals surface area contributed by atoms with E-state index in [1.54, 1.807) is 7.11 Å². The van der Waals surface area contributed by atoms with Gasteiger partial charge in [0.2, 0.25) is 0 Å². The molecule has 5 rings (SSSR count). The Morgan fingerprint density at radius 3 is 1.39 bits per heavy atom. The summed E-state index contributed by atoms with van der Waals surface area (Å²) in [5.74, 6) is 0.870. The first-order valence-electron chi connectivity index (χ1n) is 10.4. The molecule has 0 aliphatic heterocycles. The lowest BCUT2D eigenvalue weighted by atomic mass is 9.99. The lowest BCUT2D eigenvalue weighted by Gasteiger charge is -2.07. The third-order valence-corrected chi connectivity index (χ3v) is 5.58. The highest BCUT2D eigenvalue weighted by molar-refractivity contribution is 5.83. The number of benzene rings is 4. The molecular formula is C29H23NO. The minimum atomic E-state index is 0.870. The van der Waals surface area contributed by atoms with E-state index in [0.717, 1.165) is 11.4 Å². The zero-order valence-corrected chi connectivity index (χ0v) is 17.4. The number of hydrogen-bond donors (Lipinski definition) is 0. The number of aromatic nitrogens is 1. The Hall–Kier alpha value is -4.04. The van der Waals surface area contributed by atoms with E-state index in [1.807, 2.05) is 12.1 Å². The van der Waals surface area contributed by atoms with Gasteiger partial charge in [-0.3, -0.25) is 0 Å². The molecule has 0 aliphatic rings. The highest BCUT2D eigenvalue weighted by atomic mass is 16.5. The molecule has 0 atom stereocenters. The maximum atomic E-state index is 5.27. The predicted molar refractivity (Wildman–Crippen MR) is 129 cm³/mol. The Morgan fingerprint density at radius 2 is 0.935 bits per heavy atom. The van der Waals surface area contributed by atoms with E-state index in [-0.39, 0.29) is 0 Å². The molecule has 0 bridgehead atoms. The summed E-state index contributed by atoms with van der Waals surface area (Å²) in [4.78, 5) is 0. The van der Waals surface area contributed by atoms with Gasteiger partial charge < -0.3 is 9.30 Å². The van der Waals surface area contributed by atoms with Crippen molar-refractivity contribution in [2.24, 2.45) is 0 Å². The lowest BCUT2D eigenvalue weighted by Crippen LogP contribution is -1.89. The number of rotatable bonds is 5. The molecule has 2 nitrogen and oxygen atoms in total. The molecule has 0 amide bonds. The van der Waals surface area contributed by atoms with Crippen molar-refractivity contribution in [1.82, 2.24) is 4.57 Å². The number of methoxy groups -OCH3 is 1. The number of ether oxygens (including phenoxy) is 1. The third-order valence-electron chi connectivity index (χ3n) is 5.58. The Labute approximate surface area is 183 Å². The van der Waals surface area contributed by atoms with Gasteiger partial charge >= 0.3 is 0 Å². The Balaban J connectivity index is 1.53. The summed E-state index contributed by atoms with van der Waals surface area (Å²) in [5.41, 5.74) is 8.39. The first-order valence-corrected chi connectivity index (χ1v) is 10.4. The number of hydrogen-bond acceptors (Lipinski definition) is 1. The van der Waals surface area contributed by atoms with Crippen LogP contribution in [0.4, 0.5) is 0 Å². The monoisotopic (exact) mass is 401 g/mol. The van der Waals surface area contributed by atoms with Crippen LogP contribution < -0.4 is 4.74 Å². The van der Waals surface area contributed by atoms with Crippen LogP contribution in [0.5, 0.6) is 5.75 Å². The second-order valence-electron chi connectivity index (χ2n) is 7.50. The van der Waals surface area contributed by atoms with Crippen molar-refractivity contribution in [2.75, 3.05) is 7.11 Å². The van der Waals surface area contributed by atoms with Crippen LogP contribution in [0.2, 0.25) is 0 Å². The molecule has 150 valence electrons. The van der Waals surface area contributed by atoms with Crippen LogP contribution in [-0.2, 0) is 0 Å². The molecular weight excluding hydrogens is 378 g/mol. The molecule has 1 aromatic heterocycles. The summed E-state index contributed by atoms with van der Waals surface area (Å²) in [6.45, 7) is 0. The summed E-state index contributed by atoms with van der Waals surface area (Å²) >= 11 is 0. The normalized spacial score (nSPS) is 10.7. The molecule has 2 heteroatoms. The zero-order valence-electron chi connectivity index (χ0n) is 17.4. The molecule has 1 heterocycles. The molecule has 0 unspecified atom stereocenters. The van der Waals surface area contributed by atoms with Crippen LogP contribution in [0.1, 0.15) is 0 Å². The predicted octanol–water partition coefficient (Wildman–Crippen LogP) is 7.49. The lowest BCUT2D eigenvalue weighted by molar-refractivity contribution is 0.415. The van der Waals surface area contributed by atoms with E-state index in [2.05, 4.69) is 114 Å². The summed E-state index contributed by atoms with van der Waals surface area (Å²) < 4.78 is 7.48. The number of nitrogens with zero attached hydrogens (tertiary/aromatic N) is 1. The van der Waals surface area contributed by atoms with Gasteiger partial charge in [-0.25, -0.2) is 0 Å². The minimum Gasteiger partial charge on any atom is -0.497 e. The third kappa shape index (κ3) is 3.88. The van der Waals surface area contributed by atoms with Gasteiger partial charge in [0.1, 0.15) is 5.75 Å². The Bertz CT molecular complexity index is 1210. The van der Waals surface area contributed by atoms with Crippen LogP contribution in [0.15, 0.2) is 122 Å². The molecule has 0 aliphatic carbocycles. The molecule has 0 saturated carbocycles. The van der Waals surface area contributed by atoms with E-state index in [4.69, 9.17) is 4.74 Å². The molecule has 0 N–H and O–H groups in total. The Kier molecular flexibility index (Phi) is 5.12. The van der Waals surface area contributed by atoms with Crippen molar-refractivity contribution in [2.45, 2.75) is 0 Å². The van der Waals surface area contributed by atoms with E-state index >= 15 is 0 Å². The van der Waals surface area contributed by atoms with Gasteiger partial charge in [0, 0.05) is 29.2 Å². The summed E-state index contributed by atoms with van der Waals surface area (Å²) in [6.07, 6.45) is 4.44. The average molecular weight is 402 g/mol. The van der Waals surface area contributed by atoms with Crippen LogP contribution in [0, 0.1) is 0 Å². The highest BCUT2D eigenvalue weighted by Crippen LogP contribution is 2.34. The first-order chi connectivity index (χ1) is 15.3. The Morgan fingerprint density at radius 1 is 0.484 bits per heavy atom. The first kappa shape index (κ1) is 19.0. The molecule has 5 aromatic rings. The fourth-order valence-electron chi connectivity index (χ4n) is 3.91. The van der Waals surface area contributed by atoms with E-state index in [1.165, 1.54) is 33.4 Å². The maximum absolute atomic E-state index is 5.27. The van der Waals surface area contributed by atoms with Crippen molar-refractivity contribution in [3.05, 3.63) is 122 Å². The molecule has 4 aromatic carbocycles. The molecule has 0 spiro atoms. The molecule has 31 heavy (non-hydrogen) atoms. The van der Waals surface area contributed by atoms with Crippen LogP contribution >= 0.6 is 0 Å².